The van der Waals surface area contributed by atoms with E-state index in [1.807, 2.05) is 12.1 Å². The summed E-state index contributed by atoms with van der Waals surface area (Å²) in [4.78, 5) is 2.42. The lowest BCUT2D eigenvalue weighted by molar-refractivity contribution is 0.0473. The number of rotatable bonds is 2. The molecule has 0 bridgehead atoms. The van der Waals surface area contributed by atoms with Gasteiger partial charge in [-0.2, -0.15) is 0 Å². The summed E-state index contributed by atoms with van der Waals surface area (Å²) < 4.78 is 6.04. The zero-order valence-electron chi connectivity index (χ0n) is 12.1. The third kappa shape index (κ3) is 2.18. The highest BCUT2D eigenvalue weighted by Gasteiger charge is 2.27. The zero-order chi connectivity index (χ0) is 14.2. The molecule has 0 saturated carbocycles. The Labute approximate surface area is 125 Å². The molecule has 2 heterocycles. The van der Waals surface area contributed by atoms with Crippen molar-refractivity contribution in [2.24, 2.45) is 0 Å². The number of hydrogen-bond donors (Lipinski definition) is 1. The molecular formula is C18H20N2O. The molecule has 2 aromatic rings. The largest absolute Gasteiger partial charge is 0.398 e. The van der Waals surface area contributed by atoms with Gasteiger partial charge in [-0.3, -0.25) is 0 Å². The van der Waals surface area contributed by atoms with E-state index < -0.39 is 0 Å². The number of nitrogen functional groups attached to an aromatic ring is 1. The molecule has 2 aliphatic heterocycles. The maximum atomic E-state index is 6.09. The van der Waals surface area contributed by atoms with Crippen LogP contribution in [-0.4, -0.2) is 19.7 Å². The summed E-state index contributed by atoms with van der Waals surface area (Å²) >= 11 is 0. The molecule has 2 aromatic carbocycles. The number of ether oxygens (including phenoxy) is 1. The molecule has 4 rings (SSSR count). The van der Waals surface area contributed by atoms with Crippen molar-refractivity contribution in [1.29, 1.82) is 0 Å². The van der Waals surface area contributed by atoms with Gasteiger partial charge in [-0.1, -0.05) is 30.3 Å². The number of nitrogens with zero attached hydrogens (tertiary/aromatic N) is 1. The van der Waals surface area contributed by atoms with Gasteiger partial charge < -0.3 is 15.4 Å². The van der Waals surface area contributed by atoms with Gasteiger partial charge in [0.05, 0.1) is 6.61 Å². The second kappa shape index (κ2) is 5.08. The van der Waals surface area contributed by atoms with Gasteiger partial charge in [0.2, 0.25) is 0 Å². The monoisotopic (exact) mass is 280 g/mol. The van der Waals surface area contributed by atoms with Gasteiger partial charge in [0.1, 0.15) is 6.10 Å². The molecule has 0 fully saturated rings. The first-order valence-corrected chi connectivity index (χ1v) is 7.64. The first-order chi connectivity index (χ1) is 10.3. The van der Waals surface area contributed by atoms with Crippen LogP contribution in [0.5, 0.6) is 0 Å². The first-order valence-electron chi connectivity index (χ1n) is 7.64. The van der Waals surface area contributed by atoms with Gasteiger partial charge in [0.15, 0.2) is 0 Å². The van der Waals surface area contributed by atoms with Crippen molar-refractivity contribution in [3.05, 3.63) is 59.2 Å². The molecule has 0 radical (unpaired) electrons. The van der Waals surface area contributed by atoms with Crippen molar-refractivity contribution in [1.82, 2.24) is 0 Å². The Bertz CT molecular complexity index is 668. The first kappa shape index (κ1) is 12.7. The summed E-state index contributed by atoms with van der Waals surface area (Å²) in [5, 5.41) is 0. The molecule has 0 amide bonds. The van der Waals surface area contributed by atoms with Crippen molar-refractivity contribution < 1.29 is 4.74 Å². The molecule has 1 unspecified atom stereocenters. The van der Waals surface area contributed by atoms with Gasteiger partial charge >= 0.3 is 0 Å². The van der Waals surface area contributed by atoms with Gasteiger partial charge in [0.25, 0.3) is 0 Å². The van der Waals surface area contributed by atoms with Crippen molar-refractivity contribution in [3.8, 4) is 0 Å². The molecule has 3 heteroatoms. The zero-order valence-corrected chi connectivity index (χ0v) is 12.1. The lowest BCUT2D eigenvalue weighted by atomic mass is 9.97. The van der Waals surface area contributed by atoms with E-state index in [-0.39, 0.29) is 6.10 Å². The maximum Gasteiger partial charge on any atom is 0.100 e. The normalized spacial score (nSPS) is 20.2. The van der Waals surface area contributed by atoms with Gasteiger partial charge in [-0.15, -0.1) is 0 Å². The van der Waals surface area contributed by atoms with E-state index in [9.17, 15) is 0 Å². The summed E-state index contributed by atoms with van der Waals surface area (Å²) in [5.74, 6) is 0. The molecule has 0 saturated heterocycles. The highest BCUT2D eigenvalue weighted by atomic mass is 16.5. The molecule has 0 aliphatic carbocycles. The summed E-state index contributed by atoms with van der Waals surface area (Å²) in [7, 11) is 0. The number of nitrogens with two attached hydrogens (primary N) is 1. The highest BCUT2D eigenvalue weighted by molar-refractivity contribution is 5.68. The fourth-order valence-corrected chi connectivity index (χ4v) is 3.55. The summed E-state index contributed by atoms with van der Waals surface area (Å²) in [5.41, 5.74) is 12.4. The summed E-state index contributed by atoms with van der Waals surface area (Å²) in [6, 6.07) is 14.9. The van der Waals surface area contributed by atoms with E-state index in [4.69, 9.17) is 10.5 Å². The molecule has 0 spiro atoms. The maximum absolute atomic E-state index is 6.09. The van der Waals surface area contributed by atoms with Crippen LogP contribution in [0, 0.1) is 0 Å². The minimum atomic E-state index is 0.169. The van der Waals surface area contributed by atoms with Crippen molar-refractivity contribution in [2.75, 3.05) is 30.3 Å². The Morgan fingerprint density at radius 1 is 1.10 bits per heavy atom. The topological polar surface area (TPSA) is 38.5 Å². The Hall–Kier alpha value is -2.00. The highest BCUT2D eigenvalue weighted by Crippen LogP contribution is 2.35. The van der Waals surface area contributed by atoms with Crippen molar-refractivity contribution in [2.45, 2.75) is 18.9 Å². The molecule has 1 atom stereocenters. The lowest BCUT2D eigenvalue weighted by Gasteiger charge is -2.30. The molecule has 0 aromatic heterocycles. The number of hydrogen-bond acceptors (Lipinski definition) is 3. The Balaban J connectivity index is 1.61. The van der Waals surface area contributed by atoms with Crippen LogP contribution < -0.4 is 10.6 Å². The minimum absolute atomic E-state index is 0.169. The molecule has 108 valence electrons. The van der Waals surface area contributed by atoms with Crippen LogP contribution in [0.1, 0.15) is 22.8 Å². The molecular weight excluding hydrogens is 260 g/mol. The van der Waals surface area contributed by atoms with Crippen LogP contribution in [0.15, 0.2) is 42.5 Å². The molecule has 2 aliphatic rings. The van der Waals surface area contributed by atoms with E-state index >= 15 is 0 Å². The Morgan fingerprint density at radius 2 is 2.00 bits per heavy atom. The molecule has 2 N–H and O–H groups in total. The molecule has 3 nitrogen and oxygen atoms in total. The van der Waals surface area contributed by atoms with Gasteiger partial charge in [0, 0.05) is 30.0 Å². The van der Waals surface area contributed by atoms with Gasteiger partial charge in [-0.25, -0.2) is 0 Å². The fraction of sp³-hybridized carbons (Fsp3) is 0.333. The van der Waals surface area contributed by atoms with Crippen molar-refractivity contribution >= 4 is 11.4 Å². The summed E-state index contributed by atoms with van der Waals surface area (Å²) in [6.45, 7) is 2.76. The van der Waals surface area contributed by atoms with Crippen LogP contribution in [0.4, 0.5) is 11.4 Å². The van der Waals surface area contributed by atoms with Crippen LogP contribution in [0.2, 0.25) is 0 Å². The van der Waals surface area contributed by atoms with E-state index in [0.29, 0.717) is 0 Å². The average molecular weight is 280 g/mol. The fourth-order valence-electron chi connectivity index (χ4n) is 3.55. The molecule has 21 heavy (non-hydrogen) atoms. The van der Waals surface area contributed by atoms with E-state index in [2.05, 4.69) is 35.2 Å². The number of fused-ring (bicyclic) bond motifs is 2. The predicted octanol–water partition coefficient (Wildman–Crippen LogP) is 2.95. The minimum Gasteiger partial charge on any atom is -0.398 e. The van der Waals surface area contributed by atoms with Crippen molar-refractivity contribution in [3.63, 3.8) is 0 Å². The average Bonchev–Trinajstić information content (AvgIpc) is 2.92. The second-order valence-electron chi connectivity index (χ2n) is 5.85. The van der Waals surface area contributed by atoms with E-state index in [1.165, 1.54) is 22.4 Å². The van der Waals surface area contributed by atoms with Crippen LogP contribution in [0.3, 0.4) is 0 Å². The standard InChI is InChI=1S/C18H20N2O/c19-16-6-3-7-17-15(16)8-10-20(17)12-18-14-5-2-1-4-13(14)9-11-21-18/h1-7,18H,8-12,19H2. The van der Waals surface area contributed by atoms with E-state index in [1.54, 1.807) is 0 Å². The van der Waals surface area contributed by atoms with Crippen LogP contribution >= 0.6 is 0 Å². The van der Waals surface area contributed by atoms with E-state index in [0.717, 1.165) is 38.2 Å². The van der Waals surface area contributed by atoms with Gasteiger partial charge in [-0.05, 0) is 36.1 Å². The predicted molar refractivity (Wildman–Crippen MR) is 85.6 cm³/mol. The smallest absolute Gasteiger partial charge is 0.100 e. The third-order valence-corrected chi connectivity index (χ3v) is 4.64. The summed E-state index contributed by atoms with van der Waals surface area (Å²) in [6.07, 6.45) is 2.23. The van der Waals surface area contributed by atoms with Crippen LogP contribution in [0.25, 0.3) is 0 Å². The third-order valence-electron chi connectivity index (χ3n) is 4.64. The Morgan fingerprint density at radius 3 is 2.95 bits per heavy atom. The Kier molecular flexibility index (Phi) is 3.08. The quantitative estimate of drug-likeness (QED) is 0.860. The second-order valence-corrected chi connectivity index (χ2v) is 5.85. The number of anilines is 2. The number of benzene rings is 2. The SMILES string of the molecule is Nc1cccc2c1CCN2CC1OCCc2ccccc21. The lowest BCUT2D eigenvalue weighted by Crippen LogP contribution is -2.30. The van der Waals surface area contributed by atoms with Crippen LogP contribution in [-0.2, 0) is 17.6 Å².